The van der Waals surface area contributed by atoms with E-state index in [9.17, 15) is 4.79 Å². The van der Waals surface area contributed by atoms with Crippen molar-refractivity contribution in [3.63, 3.8) is 0 Å². The highest BCUT2D eigenvalue weighted by Gasteiger charge is 2.22. The van der Waals surface area contributed by atoms with Gasteiger partial charge in [-0.1, -0.05) is 0 Å². The van der Waals surface area contributed by atoms with Gasteiger partial charge in [-0.3, -0.25) is 14.8 Å². The number of nitrogens with one attached hydrogen (secondary N) is 1. The van der Waals surface area contributed by atoms with Gasteiger partial charge in [-0.25, -0.2) is 0 Å². The van der Waals surface area contributed by atoms with Gasteiger partial charge in [0.15, 0.2) is 0 Å². The summed E-state index contributed by atoms with van der Waals surface area (Å²) in [4.78, 5) is 15.9. The predicted octanol–water partition coefficient (Wildman–Crippen LogP) is 0.390. The molecule has 5 nitrogen and oxygen atoms in total. The highest BCUT2D eigenvalue weighted by Crippen LogP contribution is 2.16. The van der Waals surface area contributed by atoms with E-state index in [0.29, 0.717) is 5.91 Å². The molecule has 3 heterocycles. The van der Waals surface area contributed by atoms with Crippen LogP contribution in [0.25, 0.3) is 0 Å². The smallest absolute Gasteiger partial charge is 0.222 e. The number of carbonyl (C=O) groups excluding carboxylic acids is 1. The van der Waals surface area contributed by atoms with Crippen molar-refractivity contribution in [3.8, 4) is 0 Å². The fraction of sp³-hybridized carbons (Fsp3) is 0.667. The van der Waals surface area contributed by atoms with Crippen LogP contribution in [0.15, 0.2) is 6.20 Å². The number of rotatable bonds is 3. The topological polar surface area (TPSA) is 52.2 Å². The first-order chi connectivity index (χ1) is 8.33. The zero-order valence-electron chi connectivity index (χ0n) is 9.98. The van der Waals surface area contributed by atoms with Gasteiger partial charge < -0.3 is 4.90 Å². The molecular weight excluding hydrogens is 216 g/mol. The third kappa shape index (κ3) is 2.20. The first-order valence-electron chi connectivity index (χ1n) is 6.34. The summed E-state index contributed by atoms with van der Waals surface area (Å²) in [6.45, 7) is 4.84. The van der Waals surface area contributed by atoms with Crippen LogP contribution < -0.4 is 0 Å². The molecule has 2 aliphatic rings. The second kappa shape index (κ2) is 4.49. The van der Waals surface area contributed by atoms with Crippen LogP contribution in [0.3, 0.4) is 0 Å². The Hall–Kier alpha value is -1.36. The summed E-state index contributed by atoms with van der Waals surface area (Å²) >= 11 is 0. The lowest BCUT2D eigenvalue weighted by Crippen LogP contribution is -2.38. The maximum atomic E-state index is 11.5. The minimum Gasteiger partial charge on any atom is -0.341 e. The number of aromatic nitrogens is 2. The number of aromatic amines is 1. The molecule has 3 rings (SSSR count). The van der Waals surface area contributed by atoms with Gasteiger partial charge in [0.25, 0.3) is 0 Å². The first kappa shape index (κ1) is 10.8. The Balaban J connectivity index is 1.52. The fourth-order valence-electron chi connectivity index (χ4n) is 2.67. The number of nitrogens with zero attached hydrogens (tertiary/aromatic N) is 3. The number of fused-ring (bicyclic) bond motifs is 1. The van der Waals surface area contributed by atoms with Crippen molar-refractivity contribution in [1.29, 1.82) is 0 Å². The fourth-order valence-corrected chi connectivity index (χ4v) is 2.67. The van der Waals surface area contributed by atoms with E-state index in [0.717, 1.165) is 52.0 Å². The van der Waals surface area contributed by atoms with Crippen LogP contribution in [0.4, 0.5) is 0 Å². The summed E-state index contributed by atoms with van der Waals surface area (Å²) in [5, 5.41) is 7.11. The van der Waals surface area contributed by atoms with E-state index >= 15 is 0 Å². The lowest BCUT2D eigenvalue weighted by atomic mass is 10.1. The SMILES string of the molecule is O=C1CCCN1CCN1CCc2[nH]ncc2C1. The van der Waals surface area contributed by atoms with E-state index < -0.39 is 0 Å². The Morgan fingerprint density at radius 2 is 2.24 bits per heavy atom. The summed E-state index contributed by atoms with van der Waals surface area (Å²) in [5.41, 5.74) is 2.59. The summed E-state index contributed by atoms with van der Waals surface area (Å²) in [5.74, 6) is 0.325. The minimum absolute atomic E-state index is 0.325. The monoisotopic (exact) mass is 234 g/mol. The van der Waals surface area contributed by atoms with Gasteiger partial charge in [0.05, 0.1) is 6.20 Å². The molecule has 0 aromatic carbocycles. The number of amides is 1. The normalized spacial score (nSPS) is 20.9. The van der Waals surface area contributed by atoms with Gasteiger partial charge in [0, 0.05) is 56.8 Å². The highest BCUT2D eigenvalue weighted by atomic mass is 16.2. The molecule has 0 bridgehead atoms. The Bertz CT molecular complexity index is 414. The van der Waals surface area contributed by atoms with E-state index in [1.807, 2.05) is 11.1 Å². The van der Waals surface area contributed by atoms with Crippen LogP contribution in [0.2, 0.25) is 0 Å². The van der Waals surface area contributed by atoms with E-state index in [-0.39, 0.29) is 0 Å². The number of hydrogen-bond acceptors (Lipinski definition) is 3. The standard InChI is InChI=1S/C12H18N4O/c17-12-2-1-4-16(12)7-6-15-5-3-11-10(9-15)8-13-14-11/h8H,1-7,9H2,(H,13,14). The van der Waals surface area contributed by atoms with Crippen molar-refractivity contribution in [2.75, 3.05) is 26.2 Å². The molecule has 0 spiro atoms. The summed E-state index contributed by atoms with van der Waals surface area (Å²) in [6, 6.07) is 0. The minimum atomic E-state index is 0.325. The molecule has 1 amide bonds. The summed E-state index contributed by atoms with van der Waals surface area (Å²) < 4.78 is 0. The molecule has 1 fully saturated rings. The number of likely N-dealkylation sites (tertiary alicyclic amines) is 1. The lowest BCUT2D eigenvalue weighted by Gasteiger charge is -2.28. The van der Waals surface area contributed by atoms with Crippen LogP contribution in [0, 0.1) is 0 Å². The average Bonchev–Trinajstić information content (AvgIpc) is 2.94. The molecule has 92 valence electrons. The maximum Gasteiger partial charge on any atom is 0.222 e. The Morgan fingerprint density at radius 3 is 3.06 bits per heavy atom. The van der Waals surface area contributed by atoms with Gasteiger partial charge in [-0.2, -0.15) is 5.10 Å². The summed E-state index contributed by atoms with van der Waals surface area (Å²) in [7, 11) is 0. The molecule has 17 heavy (non-hydrogen) atoms. The lowest BCUT2D eigenvalue weighted by molar-refractivity contribution is -0.127. The van der Waals surface area contributed by atoms with Gasteiger partial charge in [-0.05, 0) is 6.42 Å². The molecule has 0 radical (unpaired) electrons. The van der Waals surface area contributed by atoms with Crippen molar-refractivity contribution in [2.45, 2.75) is 25.8 Å². The zero-order chi connectivity index (χ0) is 11.7. The molecule has 2 aliphatic heterocycles. The van der Waals surface area contributed by atoms with E-state index in [2.05, 4.69) is 15.1 Å². The van der Waals surface area contributed by atoms with E-state index in [1.54, 1.807) is 0 Å². The highest BCUT2D eigenvalue weighted by molar-refractivity contribution is 5.78. The van der Waals surface area contributed by atoms with Crippen LogP contribution >= 0.6 is 0 Å². The molecule has 1 aromatic rings. The molecule has 5 heteroatoms. The molecule has 1 N–H and O–H groups in total. The van der Waals surface area contributed by atoms with Gasteiger partial charge in [0.1, 0.15) is 0 Å². The van der Waals surface area contributed by atoms with Gasteiger partial charge in [-0.15, -0.1) is 0 Å². The maximum absolute atomic E-state index is 11.5. The zero-order valence-corrected chi connectivity index (χ0v) is 9.98. The average molecular weight is 234 g/mol. The first-order valence-corrected chi connectivity index (χ1v) is 6.34. The van der Waals surface area contributed by atoms with Crippen molar-refractivity contribution in [2.24, 2.45) is 0 Å². The van der Waals surface area contributed by atoms with Crippen molar-refractivity contribution >= 4 is 5.91 Å². The van der Waals surface area contributed by atoms with Crippen molar-refractivity contribution in [1.82, 2.24) is 20.0 Å². The Labute approximate surface area is 101 Å². The van der Waals surface area contributed by atoms with Crippen molar-refractivity contribution < 1.29 is 4.79 Å². The molecule has 0 unspecified atom stereocenters. The number of carbonyl (C=O) groups is 1. The molecule has 0 atom stereocenters. The number of H-pyrrole nitrogens is 1. The molecule has 1 aromatic heterocycles. The van der Waals surface area contributed by atoms with E-state index in [1.165, 1.54) is 11.3 Å². The second-order valence-electron chi connectivity index (χ2n) is 4.88. The van der Waals surface area contributed by atoms with Crippen LogP contribution in [-0.2, 0) is 17.8 Å². The molecular formula is C12H18N4O. The van der Waals surface area contributed by atoms with Gasteiger partial charge in [0.2, 0.25) is 5.91 Å². The van der Waals surface area contributed by atoms with Crippen LogP contribution in [-0.4, -0.2) is 52.1 Å². The Kier molecular flexibility index (Phi) is 2.84. The van der Waals surface area contributed by atoms with Crippen LogP contribution in [0.1, 0.15) is 24.1 Å². The molecule has 1 saturated heterocycles. The number of hydrogen-bond donors (Lipinski definition) is 1. The quantitative estimate of drug-likeness (QED) is 0.823. The molecule has 0 aliphatic carbocycles. The van der Waals surface area contributed by atoms with Crippen LogP contribution in [0.5, 0.6) is 0 Å². The van der Waals surface area contributed by atoms with Gasteiger partial charge >= 0.3 is 0 Å². The Morgan fingerprint density at radius 1 is 1.29 bits per heavy atom. The third-order valence-electron chi connectivity index (χ3n) is 3.74. The van der Waals surface area contributed by atoms with Crippen molar-refractivity contribution in [3.05, 3.63) is 17.5 Å². The van der Waals surface area contributed by atoms with E-state index in [4.69, 9.17) is 0 Å². The molecule has 0 saturated carbocycles. The predicted molar refractivity (Wildman–Crippen MR) is 63.4 cm³/mol. The second-order valence-corrected chi connectivity index (χ2v) is 4.88. The third-order valence-corrected chi connectivity index (χ3v) is 3.74. The largest absolute Gasteiger partial charge is 0.341 e. The summed E-state index contributed by atoms with van der Waals surface area (Å²) in [6.07, 6.45) is 4.74.